The number of rotatable bonds is 1. The van der Waals surface area contributed by atoms with E-state index in [1.807, 2.05) is 0 Å². The van der Waals surface area contributed by atoms with E-state index in [1.165, 1.54) is 25.7 Å². The third kappa shape index (κ3) is 1.92. The highest BCUT2D eigenvalue weighted by molar-refractivity contribution is 5.81. The molecule has 1 saturated carbocycles. The Labute approximate surface area is 85.6 Å². The molecule has 1 heterocycles. The molecule has 3 nitrogen and oxygen atoms in total. The molecule has 2 rings (SSSR count). The summed E-state index contributed by atoms with van der Waals surface area (Å²) in [5.74, 6) is 1.80. The molecule has 0 spiro atoms. The molecule has 3 unspecified atom stereocenters. The van der Waals surface area contributed by atoms with E-state index in [9.17, 15) is 4.79 Å². The lowest BCUT2D eigenvalue weighted by molar-refractivity contribution is -0.124. The van der Waals surface area contributed by atoms with Crippen molar-refractivity contribution >= 4 is 5.91 Å². The fourth-order valence-corrected chi connectivity index (χ4v) is 2.92. The first kappa shape index (κ1) is 9.97. The number of likely N-dealkylation sites (N-methyl/N-ethyl adjacent to an activating group) is 1. The Morgan fingerprint density at radius 1 is 1.29 bits per heavy atom. The minimum Gasteiger partial charge on any atom is -0.358 e. The first-order valence-corrected chi connectivity index (χ1v) is 5.76. The summed E-state index contributed by atoms with van der Waals surface area (Å²) in [5, 5.41) is 6.09. The topological polar surface area (TPSA) is 41.1 Å². The molecule has 1 aliphatic carbocycles. The SMILES string of the molecule is CNC(=O)C1CC2CCCCC2CN1. The molecule has 0 radical (unpaired) electrons. The van der Waals surface area contributed by atoms with Crippen LogP contribution in [-0.4, -0.2) is 25.5 Å². The van der Waals surface area contributed by atoms with Crippen molar-refractivity contribution in [2.75, 3.05) is 13.6 Å². The molecule has 0 bridgehead atoms. The summed E-state index contributed by atoms with van der Waals surface area (Å²) < 4.78 is 0. The Hall–Kier alpha value is -0.570. The average Bonchev–Trinajstić information content (AvgIpc) is 2.27. The van der Waals surface area contributed by atoms with E-state index in [4.69, 9.17) is 0 Å². The number of carbonyl (C=O) groups excluding carboxylic acids is 1. The number of hydrogen-bond donors (Lipinski definition) is 2. The first-order valence-electron chi connectivity index (χ1n) is 5.76. The van der Waals surface area contributed by atoms with E-state index < -0.39 is 0 Å². The quantitative estimate of drug-likeness (QED) is 0.654. The molecule has 2 fully saturated rings. The minimum absolute atomic E-state index is 0.0688. The zero-order chi connectivity index (χ0) is 9.97. The van der Waals surface area contributed by atoms with Crippen LogP contribution >= 0.6 is 0 Å². The van der Waals surface area contributed by atoms with Crippen molar-refractivity contribution in [1.29, 1.82) is 0 Å². The number of piperidine rings is 1. The van der Waals surface area contributed by atoms with Crippen LogP contribution in [0, 0.1) is 11.8 Å². The molecule has 2 N–H and O–H groups in total. The molecular weight excluding hydrogens is 176 g/mol. The second-order valence-corrected chi connectivity index (χ2v) is 4.62. The monoisotopic (exact) mass is 196 g/mol. The van der Waals surface area contributed by atoms with Gasteiger partial charge in [-0.15, -0.1) is 0 Å². The summed E-state index contributed by atoms with van der Waals surface area (Å²) in [7, 11) is 1.72. The predicted octanol–water partition coefficient (Wildman–Crippen LogP) is 0.901. The van der Waals surface area contributed by atoms with Crippen LogP contribution in [-0.2, 0) is 4.79 Å². The largest absolute Gasteiger partial charge is 0.358 e. The molecule has 2 aliphatic rings. The number of hydrogen-bond acceptors (Lipinski definition) is 2. The summed E-state index contributed by atoms with van der Waals surface area (Å²) in [6.45, 7) is 1.04. The van der Waals surface area contributed by atoms with E-state index in [-0.39, 0.29) is 11.9 Å². The van der Waals surface area contributed by atoms with Gasteiger partial charge in [0.2, 0.25) is 5.91 Å². The van der Waals surface area contributed by atoms with Gasteiger partial charge in [0.05, 0.1) is 6.04 Å². The van der Waals surface area contributed by atoms with Crippen LogP contribution in [0.2, 0.25) is 0 Å². The lowest BCUT2D eigenvalue weighted by Crippen LogP contribution is -2.51. The second-order valence-electron chi connectivity index (χ2n) is 4.62. The zero-order valence-electron chi connectivity index (χ0n) is 8.88. The van der Waals surface area contributed by atoms with Gasteiger partial charge in [0.1, 0.15) is 0 Å². The van der Waals surface area contributed by atoms with Crippen molar-refractivity contribution in [3.05, 3.63) is 0 Å². The third-order valence-corrected chi connectivity index (χ3v) is 3.79. The third-order valence-electron chi connectivity index (χ3n) is 3.79. The van der Waals surface area contributed by atoms with Crippen molar-refractivity contribution in [2.45, 2.75) is 38.1 Å². The molecular formula is C11H20N2O. The van der Waals surface area contributed by atoms with Gasteiger partial charge in [-0.05, 0) is 31.2 Å². The average molecular weight is 196 g/mol. The fourth-order valence-electron chi connectivity index (χ4n) is 2.92. The van der Waals surface area contributed by atoms with Gasteiger partial charge in [0.25, 0.3) is 0 Å². The maximum absolute atomic E-state index is 11.5. The number of amides is 1. The van der Waals surface area contributed by atoms with Crippen molar-refractivity contribution < 1.29 is 4.79 Å². The van der Waals surface area contributed by atoms with Crippen LogP contribution in [0.4, 0.5) is 0 Å². The Morgan fingerprint density at radius 3 is 2.71 bits per heavy atom. The Morgan fingerprint density at radius 2 is 2.00 bits per heavy atom. The molecule has 0 aromatic heterocycles. The minimum atomic E-state index is 0.0688. The zero-order valence-corrected chi connectivity index (χ0v) is 8.88. The molecule has 14 heavy (non-hydrogen) atoms. The highest BCUT2D eigenvalue weighted by Gasteiger charge is 2.34. The molecule has 0 aromatic carbocycles. The van der Waals surface area contributed by atoms with Crippen LogP contribution < -0.4 is 10.6 Å². The smallest absolute Gasteiger partial charge is 0.236 e. The summed E-state index contributed by atoms with van der Waals surface area (Å²) >= 11 is 0. The lowest BCUT2D eigenvalue weighted by atomic mass is 9.73. The summed E-state index contributed by atoms with van der Waals surface area (Å²) in [5.41, 5.74) is 0. The highest BCUT2D eigenvalue weighted by atomic mass is 16.2. The first-order chi connectivity index (χ1) is 6.81. The lowest BCUT2D eigenvalue weighted by Gasteiger charge is -2.39. The van der Waals surface area contributed by atoms with Gasteiger partial charge in [-0.25, -0.2) is 0 Å². The van der Waals surface area contributed by atoms with Gasteiger partial charge in [0, 0.05) is 7.05 Å². The summed E-state index contributed by atoms with van der Waals surface area (Å²) in [4.78, 5) is 11.5. The fraction of sp³-hybridized carbons (Fsp3) is 0.909. The molecule has 0 aromatic rings. The molecule has 1 aliphatic heterocycles. The van der Waals surface area contributed by atoms with Crippen molar-refractivity contribution in [3.63, 3.8) is 0 Å². The van der Waals surface area contributed by atoms with E-state index >= 15 is 0 Å². The van der Waals surface area contributed by atoms with E-state index in [0.29, 0.717) is 0 Å². The molecule has 1 saturated heterocycles. The second kappa shape index (κ2) is 4.30. The van der Waals surface area contributed by atoms with Crippen molar-refractivity contribution in [2.24, 2.45) is 11.8 Å². The van der Waals surface area contributed by atoms with Crippen LogP contribution in [0.25, 0.3) is 0 Å². The molecule has 3 atom stereocenters. The van der Waals surface area contributed by atoms with E-state index in [1.54, 1.807) is 7.05 Å². The standard InChI is InChI=1S/C11H20N2O/c1-12-11(14)10-6-8-4-2-3-5-9(8)7-13-10/h8-10,13H,2-7H2,1H3,(H,12,14). The summed E-state index contributed by atoms with van der Waals surface area (Å²) in [6, 6.07) is 0.0688. The van der Waals surface area contributed by atoms with Crippen LogP contribution in [0.5, 0.6) is 0 Å². The van der Waals surface area contributed by atoms with Crippen LogP contribution in [0.1, 0.15) is 32.1 Å². The van der Waals surface area contributed by atoms with Gasteiger partial charge >= 0.3 is 0 Å². The summed E-state index contributed by atoms with van der Waals surface area (Å²) in [6.07, 6.45) is 6.48. The normalized spacial score (nSPS) is 37.4. The number of fused-ring (bicyclic) bond motifs is 1. The van der Waals surface area contributed by atoms with E-state index in [0.717, 1.165) is 24.8 Å². The van der Waals surface area contributed by atoms with E-state index in [2.05, 4.69) is 10.6 Å². The maximum atomic E-state index is 11.5. The van der Waals surface area contributed by atoms with Crippen LogP contribution in [0.3, 0.4) is 0 Å². The number of carbonyl (C=O) groups is 1. The number of nitrogens with one attached hydrogen (secondary N) is 2. The van der Waals surface area contributed by atoms with Crippen LogP contribution in [0.15, 0.2) is 0 Å². The van der Waals surface area contributed by atoms with Gasteiger partial charge in [0.15, 0.2) is 0 Å². The van der Waals surface area contributed by atoms with Gasteiger partial charge in [-0.1, -0.05) is 19.3 Å². The highest BCUT2D eigenvalue weighted by Crippen LogP contribution is 2.35. The molecule has 1 amide bonds. The Bertz CT molecular complexity index is 217. The predicted molar refractivity (Wildman–Crippen MR) is 55.9 cm³/mol. The van der Waals surface area contributed by atoms with Crippen molar-refractivity contribution in [1.82, 2.24) is 10.6 Å². The molecule has 80 valence electrons. The van der Waals surface area contributed by atoms with Gasteiger partial charge in [-0.3, -0.25) is 4.79 Å². The van der Waals surface area contributed by atoms with Crippen molar-refractivity contribution in [3.8, 4) is 0 Å². The molecule has 3 heteroatoms. The Kier molecular flexibility index (Phi) is 3.06. The van der Waals surface area contributed by atoms with Gasteiger partial charge in [-0.2, -0.15) is 0 Å². The van der Waals surface area contributed by atoms with Gasteiger partial charge < -0.3 is 10.6 Å². The maximum Gasteiger partial charge on any atom is 0.236 e. The Balaban J connectivity index is 1.92.